The van der Waals surface area contributed by atoms with Gasteiger partial charge >= 0.3 is 5.97 Å². The Hall–Kier alpha value is -0.790. The van der Waals surface area contributed by atoms with Crippen LogP contribution >= 0.6 is 0 Å². The van der Waals surface area contributed by atoms with Crippen molar-refractivity contribution < 1.29 is 9.90 Å². The highest BCUT2D eigenvalue weighted by Crippen LogP contribution is 2.33. The molecular formula is C12H20O2. The first-order valence-electron chi connectivity index (χ1n) is 5.40. The topological polar surface area (TPSA) is 37.3 Å². The molecule has 1 fully saturated rings. The number of rotatable bonds is 2. The highest BCUT2D eigenvalue weighted by molar-refractivity contribution is 5.85. The molecule has 0 aromatic heterocycles. The second-order valence-corrected chi connectivity index (χ2v) is 4.83. The largest absolute Gasteiger partial charge is 0.478 e. The van der Waals surface area contributed by atoms with Crippen molar-refractivity contribution in [1.82, 2.24) is 0 Å². The molecule has 0 aliphatic heterocycles. The Morgan fingerprint density at radius 3 is 2.14 bits per heavy atom. The van der Waals surface area contributed by atoms with Crippen LogP contribution in [0.4, 0.5) is 0 Å². The standard InChI is InChI=1S/C12H20O2/c1-8-4-9(2)6-11(5-8)7-10(3)12(13)14/h7-9,11H,4-6H2,1-3H3,(H,13,14)/b10-7+. The highest BCUT2D eigenvalue weighted by atomic mass is 16.4. The Morgan fingerprint density at radius 2 is 1.71 bits per heavy atom. The number of carboxylic acid groups (broad SMARTS) is 1. The van der Waals surface area contributed by atoms with Crippen LogP contribution in [0, 0.1) is 17.8 Å². The zero-order valence-electron chi connectivity index (χ0n) is 9.29. The van der Waals surface area contributed by atoms with Crippen molar-refractivity contribution in [3.05, 3.63) is 11.6 Å². The van der Waals surface area contributed by atoms with E-state index in [1.54, 1.807) is 6.92 Å². The lowest BCUT2D eigenvalue weighted by molar-refractivity contribution is -0.132. The minimum atomic E-state index is -0.782. The molecule has 2 heteroatoms. The summed E-state index contributed by atoms with van der Waals surface area (Å²) in [6.07, 6.45) is 5.52. The molecule has 0 amide bonds. The lowest BCUT2D eigenvalue weighted by atomic mass is 9.76. The summed E-state index contributed by atoms with van der Waals surface area (Å²) in [7, 11) is 0. The van der Waals surface area contributed by atoms with Crippen LogP contribution < -0.4 is 0 Å². The monoisotopic (exact) mass is 196 g/mol. The Bertz CT molecular complexity index is 233. The predicted octanol–water partition coefficient (Wildman–Crippen LogP) is 3.09. The summed E-state index contributed by atoms with van der Waals surface area (Å²) in [6.45, 7) is 6.20. The van der Waals surface area contributed by atoms with E-state index in [-0.39, 0.29) is 0 Å². The fourth-order valence-electron chi connectivity index (χ4n) is 2.57. The van der Waals surface area contributed by atoms with E-state index in [4.69, 9.17) is 5.11 Å². The van der Waals surface area contributed by atoms with Crippen LogP contribution in [0.2, 0.25) is 0 Å². The molecule has 2 unspecified atom stereocenters. The van der Waals surface area contributed by atoms with Crippen molar-refractivity contribution in [1.29, 1.82) is 0 Å². The minimum Gasteiger partial charge on any atom is -0.478 e. The molecule has 1 rings (SSSR count). The van der Waals surface area contributed by atoms with E-state index in [9.17, 15) is 4.79 Å². The van der Waals surface area contributed by atoms with Gasteiger partial charge in [-0.1, -0.05) is 19.9 Å². The van der Waals surface area contributed by atoms with E-state index in [1.807, 2.05) is 6.08 Å². The second kappa shape index (κ2) is 4.63. The van der Waals surface area contributed by atoms with Crippen LogP contribution in [0.5, 0.6) is 0 Å². The minimum absolute atomic E-state index is 0.477. The van der Waals surface area contributed by atoms with E-state index in [0.29, 0.717) is 11.5 Å². The Morgan fingerprint density at radius 1 is 1.21 bits per heavy atom. The number of carboxylic acids is 1. The molecule has 0 heterocycles. The number of allylic oxidation sites excluding steroid dienone is 1. The van der Waals surface area contributed by atoms with Gasteiger partial charge in [-0.15, -0.1) is 0 Å². The normalized spacial score (nSPS) is 34.2. The summed E-state index contributed by atoms with van der Waals surface area (Å²) in [5.41, 5.74) is 0.497. The third-order valence-electron chi connectivity index (χ3n) is 3.04. The lowest BCUT2D eigenvalue weighted by Crippen LogP contribution is -2.18. The van der Waals surface area contributed by atoms with Crippen molar-refractivity contribution in [2.75, 3.05) is 0 Å². The van der Waals surface area contributed by atoms with E-state index < -0.39 is 5.97 Å². The van der Waals surface area contributed by atoms with Gasteiger partial charge in [0, 0.05) is 5.57 Å². The van der Waals surface area contributed by atoms with Gasteiger partial charge in [0.25, 0.3) is 0 Å². The first kappa shape index (κ1) is 11.3. The molecule has 0 radical (unpaired) electrons. The molecule has 2 nitrogen and oxygen atoms in total. The van der Waals surface area contributed by atoms with Gasteiger partial charge in [0.2, 0.25) is 0 Å². The maximum absolute atomic E-state index is 10.7. The third kappa shape index (κ3) is 3.17. The van der Waals surface area contributed by atoms with Gasteiger partial charge in [0.05, 0.1) is 0 Å². The molecule has 0 aromatic rings. The molecule has 0 bridgehead atoms. The van der Waals surface area contributed by atoms with Gasteiger partial charge in [-0.3, -0.25) is 0 Å². The molecule has 0 spiro atoms. The van der Waals surface area contributed by atoms with E-state index in [1.165, 1.54) is 6.42 Å². The molecule has 1 aliphatic rings. The third-order valence-corrected chi connectivity index (χ3v) is 3.04. The molecule has 14 heavy (non-hydrogen) atoms. The van der Waals surface area contributed by atoms with Crippen molar-refractivity contribution in [3.63, 3.8) is 0 Å². The average molecular weight is 196 g/mol. The maximum Gasteiger partial charge on any atom is 0.330 e. The SMILES string of the molecule is C/C(=C\C1CC(C)CC(C)C1)C(=O)O. The quantitative estimate of drug-likeness (QED) is 0.689. The predicted molar refractivity (Wildman–Crippen MR) is 57.1 cm³/mol. The molecule has 80 valence electrons. The van der Waals surface area contributed by atoms with Gasteiger partial charge in [0.15, 0.2) is 0 Å². The summed E-state index contributed by atoms with van der Waals surface area (Å²) in [4.78, 5) is 10.7. The van der Waals surface area contributed by atoms with Crippen molar-refractivity contribution in [2.24, 2.45) is 17.8 Å². The molecule has 2 atom stereocenters. The number of carbonyl (C=O) groups is 1. The molecule has 0 aromatic carbocycles. The van der Waals surface area contributed by atoms with Crippen molar-refractivity contribution in [3.8, 4) is 0 Å². The summed E-state index contributed by atoms with van der Waals surface area (Å²) >= 11 is 0. The van der Waals surface area contributed by atoms with Crippen LogP contribution in [0.25, 0.3) is 0 Å². The van der Waals surface area contributed by atoms with Gasteiger partial charge in [-0.05, 0) is 43.9 Å². The van der Waals surface area contributed by atoms with E-state index in [2.05, 4.69) is 13.8 Å². The summed E-state index contributed by atoms with van der Waals surface area (Å²) < 4.78 is 0. The van der Waals surface area contributed by atoms with Crippen molar-refractivity contribution >= 4 is 5.97 Å². The van der Waals surface area contributed by atoms with Gasteiger partial charge in [-0.25, -0.2) is 4.79 Å². The van der Waals surface area contributed by atoms with Crippen LogP contribution in [0.1, 0.15) is 40.0 Å². The molecule has 0 saturated heterocycles. The average Bonchev–Trinajstić information content (AvgIpc) is 2.01. The fourth-order valence-corrected chi connectivity index (χ4v) is 2.57. The van der Waals surface area contributed by atoms with E-state index >= 15 is 0 Å². The van der Waals surface area contributed by atoms with Gasteiger partial charge in [0.1, 0.15) is 0 Å². The Balaban J connectivity index is 2.60. The van der Waals surface area contributed by atoms with Crippen LogP contribution in [-0.4, -0.2) is 11.1 Å². The van der Waals surface area contributed by atoms with Gasteiger partial charge in [-0.2, -0.15) is 0 Å². The first-order chi connectivity index (χ1) is 6.49. The number of hydrogen-bond donors (Lipinski definition) is 1. The lowest BCUT2D eigenvalue weighted by Gasteiger charge is -2.29. The number of hydrogen-bond acceptors (Lipinski definition) is 1. The first-order valence-corrected chi connectivity index (χ1v) is 5.40. The Labute approximate surface area is 86.0 Å². The summed E-state index contributed by atoms with van der Waals surface area (Å²) in [6, 6.07) is 0. The molecule has 1 N–H and O–H groups in total. The number of aliphatic carboxylic acids is 1. The maximum atomic E-state index is 10.7. The van der Waals surface area contributed by atoms with Crippen LogP contribution in [-0.2, 0) is 4.79 Å². The zero-order valence-corrected chi connectivity index (χ0v) is 9.29. The zero-order chi connectivity index (χ0) is 10.7. The van der Waals surface area contributed by atoms with Crippen LogP contribution in [0.3, 0.4) is 0 Å². The second-order valence-electron chi connectivity index (χ2n) is 4.83. The molecule has 1 saturated carbocycles. The fraction of sp³-hybridized carbons (Fsp3) is 0.750. The summed E-state index contributed by atoms with van der Waals surface area (Å²) in [5.74, 6) is 1.17. The van der Waals surface area contributed by atoms with Gasteiger partial charge < -0.3 is 5.11 Å². The summed E-state index contributed by atoms with van der Waals surface area (Å²) in [5, 5.41) is 8.78. The molecular weight excluding hydrogens is 176 g/mol. The van der Waals surface area contributed by atoms with E-state index in [0.717, 1.165) is 24.7 Å². The van der Waals surface area contributed by atoms with Crippen LogP contribution in [0.15, 0.2) is 11.6 Å². The van der Waals surface area contributed by atoms with Crippen molar-refractivity contribution in [2.45, 2.75) is 40.0 Å². The molecule has 1 aliphatic carbocycles. The Kier molecular flexibility index (Phi) is 3.73. The smallest absolute Gasteiger partial charge is 0.330 e. The highest BCUT2D eigenvalue weighted by Gasteiger charge is 2.22.